The SMILES string of the molecule is O=COc1cc(F)cc([N+](=O)[O-])c1NC(=O)C(F)(F)F.O=COc1cc(F)ccc1NC(=O)C(F)(F)F. The lowest BCUT2D eigenvalue weighted by atomic mass is 10.2. The number of halogens is 8. The van der Waals surface area contributed by atoms with Crippen LogP contribution in [0.4, 0.5) is 52.2 Å². The van der Waals surface area contributed by atoms with Gasteiger partial charge >= 0.3 is 24.2 Å². The molecule has 2 aromatic rings. The number of amides is 2. The molecule has 0 fully saturated rings. The number of nitrogens with one attached hydrogen (secondary N) is 2. The normalized spacial score (nSPS) is 10.8. The third-order valence-electron chi connectivity index (χ3n) is 3.54. The Balaban J connectivity index is 0.000000375. The predicted molar refractivity (Wildman–Crippen MR) is 102 cm³/mol. The zero-order chi connectivity index (χ0) is 28.6. The van der Waals surface area contributed by atoms with Crippen molar-refractivity contribution in [3.8, 4) is 11.5 Å². The fourth-order valence-electron chi connectivity index (χ4n) is 2.11. The highest BCUT2D eigenvalue weighted by Crippen LogP contribution is 2.36. The zero-order valence-electron chi connectivity index (χ0n) is 17.3. The predicted octanol–water partition coefficient (Wildman–Crippen LogP) is 3.63. The maximum Gasteiger partial charge on any atom is 0.471 e. The summed E-state index contributed by atoms with van der Waals surface area (Å²) in [6, 6.07) is 3.00. The Morgan fingerprint density at radius 3 is 1.78 bits per heavy atom. The highest BCUT2D eigenvalue weighted by atomic mass is 19.4. The number of benzene rings is 2. The molecule has 2 amide bonds. The van der Waals surface area contributed by atoms with Gasteiger partial charge in [0.05, 0.1) is 16.7 Å². The minimum Gasteiger partial charge on any atom is -0.426 e. The van der Waals surface area contributed by atoms with Crippen molar-refractivity contribution >= 4 is 41.8 Å². The molecule has 0 heterocycles. The number of hydrogen-bond acceptors (Lipinski definition) is 8. The van der Waals surface area contributed by atoms with Crippen LogP contribution in [0, 0.1) is 21.7 Å². The molecule has 0 unspecified atom stereocenters. The summed E-state index contributed by atoms with van der Waals surface area (Å²) in [5.74, 6) is -8.30. The van der Waals surface area contributed by atoms with E-state index in [0.717, 1.165) is 17.4 Å². The van der Waals surface area contributed by atoms with Crippen LogP contribution in [0.5, 0.6) is 11.5 Å². The first-order valence-electron chi connectivity index (χ1n) is 8.75. The van der Waals surface area contributed by atoms with Crippen molar-refractivity contribution in [1.29, 1.82) is 0 Å². The first-order valence-corrected chi connectivity index (χ1v) is 8.75. The number of hydrogen-bond donors (Lipinski definition) is 2. The molecule has 19 heteroatoms. The summed E-state index contributed by atoms with van der Waals surface area (Å²) in [6.07, 6.45) is -10.4. The van der Waals surface area contributed by atoms with E-state index in [1.165, 1.54) is 5.32 Å². The Bertz CT molecular complexity index is 1200. The van der Waals surface area contributed by atoms with Crippen molar-refractivity contribution in [1.82, 2.24) is 0 Å². The topological polar surface area (TPSA) is 154 Å². The summed E-state index contributed by atoms with van der Waals surface area (Å²) < 4.78 is 106. The highest BCUT2D eigenvalue weighted by molar-refractivity contribution is 5.98. The number of alkyl halides is 6. The molecule has 2 N–H and O–H groups in total. The van der Waals surface area contributed by atoms with Crippen molar-refractivity contribution in [3.05, 3.63) is 52.1 Å². The van der Waals surface area contributed by atoms with Gasteiger partial charge in [-0.25, -0.2) is 8.78 Å². The van der Waals surface area contributed by atoms with Gasteiger partial charge in [0.15, 0.2) is 17.2 Å². The van der Waals surface area contributed by atoms with E-state index in [1.807, 2.05) is 0 Å². The smallest absolute Gasteiger partial charge is 0.426 e. The molecule has 0 aliphatic rings. The van der Waals surface area contributed by atoms with Crippen LogP contribution in [0.3, 0.4) is 0 Å². The maximum atomic E-state index is 13.0. The van der Waals surface area contributed by atoms with Gasteiger partial charge in [0.25, 0.3) is 18.6 Å². The van der Waals surface area contributed by atoms with Gasteiger partial charge in [-0.1, -0.05) is 0 Å². The van der Waals surface area contributed by atoms with Crippen molar-refractivity contribution in [2.75, 3.05) is 10.6 Å². The van der Waals surface area contributed by atoms with E-state index in [-0.39, 0.29) is 19.0 Å². The van der Waals surface area contributed by atoms with Crippen LogP contribution >= 0.6 is 0 Å². The zero-order valence-corrected chi connectivity index (χ0v) is 17.3. The number of carbonyl (C=O) groups excluding carboxylic acids is 4. The summed E-state index contributed by atoms with van der Waals surface area (Å²) in [6.45, 7) is -0.389. The Kier molecular flexibility index (Phi) is 9.97. The number of carbonyl (C=O) groups is 4. The van der Waals surface area contributed by atoms with Gasteiger partial charge in [-0.2, -0.15) is 26.3 Å². The molecule has 0 aromatic heterocycles. The van der Waals surface area contributed by atoms with Gasteiger partial charge in [0, 0.05) is 12.1 Å². The van der Waals surface area contributed by atoms with Crippen molar-refractivity contribution in [3.63, 3.8) is 0 Å². The Morgan fingerprint density at radius 1 is 0.811 bits per heavy atom. The third kappa shape index (κ3) is 9.03. The molecule has 0 atom stereocenters. The number of nitro groups is 1. The Morgan fingerprint density at radius 2 is 1.30 bits per heavy atom. The van der Waals surface area contributed by atoms with Gasteiger partial charge in [0.2, 0.25) is 0 Å². The second kappa shape index (κ2) is 12.2. The quantitative estimate of drug-likeness (QED) is 0.231. The molecule has 200 valence electrons. The molecule has 0 bridgehead atoms. The summed E-state index contributed by atoms with van der Waals surface area (Å²) in [7, 11) is 0. The van der Waals surface area contributed by atoms with Crippen LogP contribution in [-0.2, 0) is 19.2 Å². The average molecular weight is 547 g/mol. The van der Waals surface area contributed by atoms with E-state index in [0.29, 0.717) is 12.1 Å². The van der Waals surface area contributed by atoms with E-state index < -0.39 is 69.3 Å². The minimum atomic E-state index is -5.33. The van der Waals surface area contributed by atoms with Crippen LogP contribution < -0.4 is 20.1 Å². The van der Waals surface area contributed by atoms with Crippen LogP contribution in [0.1, 0.15) is 0 Å². The summed E-state index contributed by atoms with van der Waals surface area (Å²) in [5.41, 5.74) is -2.73. The van der Waals surface area contributed by atoms with E-state index in [2.05, 4.69) is 9.47 Å². The van der Waals surface area contributed by atoms with Gasteiger partial charge in [-0.15, -0.1) is 0 Å². The lowest BCUT2D eigenvalue weighted by Crippen LogP contribution is -2.30. The molecule has 0 radical (unpaired) electrons. The molecular formula is C18H9F8N3O8. The first kappa shape index (κ1) is 30.2. The van der Waals surface area contributed by atoms with E-state index in [4.69, 9.17) is 0 Å². The second-order valence-corrected chi connectivity index (χ2v) is 6.03. The molecule has 0 aliphatic carbocycles. The lowest BCUT2D eigenvalue weighted by molar-refractivity contribution is -0.384. The molecule has 2 rings (SSSR count). The van der Waals surface area contributed by atoms with Crippen LogP contribution in [0.25, 0.3) is 0 Å². The van der Waals surface area contributed by atoms with Crippen LogP contribution in [0.2, 0.25) is 0 Å². The highest BCUT2D eigenvalue weighted by Gasteiger charge is 2.41. The number of anilines is 2. The molecule has 0 saturated heterocycles. The Labute approximate surface area is 198 Å². The van der Waals surface area contributed by atoms with Gasteiger partial charge in [-0.3, -0.25) is 29.3 Å². The van der Waals surface area contributed by atoms with E-state index in [9.17, 15) is 64.4 Å². The lowest BCUT2D eigenvalue weighted by Gasteiger charge is -2.11. The molecule has 11 nitrogen and oxygen atoms in total. The first-order chi connectivity index (χ1) is 17.0. The van der Waals surface area contributed by atoms with Gasteiger partial charge in [-0.05, 0) is 12.1 Å². The standard InChI is InChI=1S/C9H4F4N2O5.C9H5F4NO3/c10-4-1-5(15(18)19)7(6(2-4)20-3-16)14-8(17)9(11,12)13;10-5-1-2-6(7(3-5)17-4-15)14-8(16)9(11,12)13/h1-3H,(H,14,17);1-4H,(H,14,16). The van der Waals surface area contributed by atoms with Gasteiger partial charge < -0.3 is 20.1 Å². The average Bonchev–Trinajstić information content (AvgIpc) is 2.76. The largest absolute Gasteiger partial charge is 0.471 e. The third-order valence-corrected chi connectivity index (χ3v) is 3.54. The van der Waals surface area contributed by atoms with Crippen LogP contribution in [0.15, 0.2) is 30.3 Å². The molecule has 2 aromatic carbocycles. The molecule has 0 saturated carbocycles. The fraction of sp³-hybridized carbons (Fsp3) is 0.111. The fourth-order valence-corrected chi connectivity index (χ4v) is 2.11. The summed E-state index contributed by atoms with van der Waals surface area (Å²) in [5, 5.41) is 13.2. The van der Waals surface area contributed by atoms with Crippen molar-refractivity contribution in [2.24, 2.45) is 0 Å². The van der Waals surface area contributed by atoms with E-state index in [1.54, 1.807) is 0 Å². The van der Waals surface area contributed by atoms with Crippen molar-refractivity contribution in [2.45, 2.75) is 12.4 Å². The molecule has 37 heavy (non-hydrogen) atoms. The second-order valence-electron chi connectivity index (χ2n) is 6.03. The number of nitrogens with zero attached hydrogens (tertiary/aromatic N) is 1. The molecule has 0 spiro atoms. The number of ether oxygens (including phenoxy) is 2. The van der Waals surface area contributed by atoms with Gasteiger partial charge in [0.1, 0.15) is 11.6 Å². The molecule has 0 aliphatic heterocycles. The minimum absolute atomic E-state index is 0.0992. The molecular weight excluding hydrogens is 538 g/mol. The summed E-state index contributed by atoms with van der Waals surface area (Å²) in [4.78, 5) is 50.9. The maximum absolute atomic E-state index is 13.0. The number of rotatable bonds is 7. The van der Waals surface area contributed by atoms with Crippen molar-refractivity contribution < 1.29 is 68.7 Å². The summed E-state index contributed by atoms with van der Waals surface area (Å²) >= 11 is 0. The Hall–Kier alpha value is -4.84. The van der Waals surface area contributed by atoms with Crippen LogP contribution in [-0.4, -0.2) is 42.0 Å². The van der Waals surface area contributed by atoms with E-state index >= 15 is 0 Å². The monoisotopic (exact) mass is 547 g/mol. The number of nitro benzene ring substituents is 1.